The van der Waals surface area contributed by atoms with E-state index < -0.39 is 7.26 Å². The van der Waals surface area contributed by atoms with Gasteiger partial charge in [-0.2, -0.15) is 0 Å². The summed E-state index contributed by atoms with van der Waals surface area (Å²) in [6.07, 6.45) is 2.69. The van der Waals surface area contributed by atoms with Gasteiger partial charge in [0.15, 0.2) is 0 Å². The Morgan fingerprint density at radius 1 is 0.516 bits per heavy atom. The molecule has 0 amide bonds. The summed E-state index contributed by atoms with van der Waals surface area (Å²) in [6.45, 7) is 0. The number of nitrogens with zero attached hydrogens (tertiary/aromatic N) is 2. The van der Waals surface area contributed by atoms with Crippen molar-refractivity contribution in [1.29, 1.82) is 0 Å². The van der Waals surface area contributed by atoms with Crippen molar-refractivity contribution in [2.24, 2.45) is 0 Å². The highest BCUT2D eigenvalue weighted by Crippen LogP contribution is 2.57. The van der Waals surface area contributed by atoms with E-state index in [0.29, 0.717) is 0 Å². The van der Waals surface area contributed by atoms with E-state index in [0.717, 1.165) is 22.9 Å². The molecule has 0 saturated heterocycles. The first-order valence-electron chi connectivity index (χ1n) is 10.1. The maximum atomic E-state index is 5.00. The molecule has 3 aromatic carbocycles. The van der Waals surface area contributed by atoms with Crippen molar-refractivity contribution in [3.05, 3.63) is 127 Å². The fourth-order valence-electron chi connectivity index (χ4n) is 4.10. The molecule has 0 aliphatic heterocycles. The molecule has 0 spiro atoms. The summed E-state index contributed by atoms with van der Waals surface area (Å²) in [5.74, 6) is 0. The van der Waals surface area contributed by atoms with Gasteiger partial charge in [0, 0.05) is 18.1 Å². The highest BCUT2D eigenvalue weighted by Gasteiger charge is 2.34. The number of rotatable bonds is 5. The summed E-state index contributed by atoms with van der Waals surface area (Å²) in [5, 5.41) is 4.11. The van der Waals surface area contributed by atoms with Crippen LogP contribution in [0.4, 0.5) is 0 Å². The number of halogens is 1. The number of aromatic nitrogens is 2. The highest BCUT2D eigenvalue weighted by molar-refractivity contribution is 7.95. The van der Waals surface area contributed by atoms with Gasteiger partial charge in [0.05, 0.1) is 11.0 Å². The smallest absolute Gasteiger partial charge is 0.0890 e. The molecule has 0 N–H and O–H groups in total. The molecule has 0 bridgehead atoms. The fraction of sp³-hybridized carbons (Fsp3) is 0.0370. The Morgan fingerprint density at radius 3 is 1.55 bits per heavy atom. The molecule has 0 atom stereocenters. The normalized spacial score (nSPS) is 11.1. The first-order chi connectivity index (χ1) is 14.9. The third-order valence-electron chi connectivity index (χ3n) is 5.50. The van der Waals surface area contributed by atoms with Crippen molar-refractivity contribution in [2.75, 3.05) is 0 Å². The van der Waals surface area contributed by atoms with Crippen molar-refractivity contribution in [3.8, 4) is 0 Å². The lowest BCUT2D eigenvalue weighted by atomic mass is 10.3. The number of benzene rings is 3. The zero-order valence-corrected chi connectivity index (χ0v) is 18.7. The Morgan fingerprint density at radius 2 is 1.03 bits per heavy atom. The van der Waals surface area contributed by atoms with Crippen molar-refractivity contribution >= 4 is 46.6 Å². The molecule has 2 heterocycles. The molecule has 2 nitrogen and oxygen atoms in total. The molecule has 5 rings (SSSR count). The van der Waals surface area contributed by atoms with Crippen molar-refractivity contribution in [1.82, 2.24) is 9.97 Å². The molecule has 2 aromatic heterocycles. The second-order valence-corrected chi connectivity index (χ2v) is 10.8. The second-order valence-electron chi connectivity index (χ2n) is 7.32. The zero-order chi connectivity index (χ0) is 20.2. The minimum atomic E-state index is -1.94. The molecule has 153 valence electrons. The summed E-state index contributed by atoms with van der Waals surface area (Å²) >= 11 is 0. The van der Waals surface area contributed by atoms with E-state index in [9.17, 15) is 0 Å². The standard InChI is InChI=1S/C27H22N2P.ClH/c1-4-11-23(12-5-1)30(24-13-6-2-7-14-24,25-15-8-3-9-16-25)21-22-18-19-26-27(29-22)17-10-20-28-26;/h1-20H,21H2;1H. The van der Waals surface area contributed by atoms with Crippen LogP contribution >= 0.6 is 19.7 Å². The monoisotopic (exact) mass is 441 g/mol. The van der Waals surface area contributed by atoms with E-state index in [-0.39, 0.29) is 12.4 Å². The average molecular weight is 442 g/mol. The van der Waals surface area contributed by atoms with Crippen LogP contribution in [0.15, 0.2) is 121 Å². The molecular weight excluding hydrogens is 419 g/mol. The maximum Gasteiger partial charge on any atom is 0.0890 e. The molecule has 0 saturated carbocycles. The molecule has 4 heteroatoms. The lowest BCUT2D eigenvalue weighted by Crippen LogP contribution is -2.32. The van der Waals surface area contributed by atoms with E-state index in [1.54, 1.807) is 0 Å². The quantitative estimate of drug-likeness (QED) is 0.334. The van der Waals surface area contributed by atoms with Gasteiger partial charge < -0.3 is 0 Å². The van der Waals surface area contributed by atoms with Crippen LogP contribution in [-0.2, 0) is 6.16 Å². The van der Waals surface area contributed by atoms with Crippen molar-refractivity contribution in [3.63, 3.8) is 0 Å². The minimum Gasteiger partial charge on any atom is -0.255 e. The van der Waals surface area contributed by atoms with Gasteiger partial charge in [-0.05, 0) is 47.4 Å². The van der Waals surface area contributed by atoms with E-state index in [2.05, 4.69) is 108 Å². The molecular formula is C27H23ClN2P. The van der Waals surface area contributed by atoms with E-state index in [1.807, 2.05) is 18.3 Å². The summed E-state index contributed by atoms with van der Waals surface area (Å²) in [7, 11) is -1.94. The van der Waals surface area contributed by atoms with Gasteiger partial charge in [0.2, 0.25) is 0 Å². The molecule has 1 radical (unpaired) electrons. The zero-order valence-electron chi connectivity index (χ0n) is 17.0. The molecule has 31 heavy (non-hydrogen) atoms. The lowest BCUT2D eigenvalue weighted by molar-refractivity contribution is 1.20. The average Bonchev–Trinajstić information content (AvgIpc) is 2.84. The largest absolute Gasteiger partial charge is 0.255 e. The maximum absolute atomic E-state index is 5.00. The Labute approximate surface area is 189 Å². The van der Waals surface area contributed by atoms with Crippen LogP contribution in [0, 0.1) is 0 Å². The first kappa shape index (κ1) is 21.2. The molecule has 0 unspecified atom stereocenters. The van der Waals surface area contributed by atoms with Crippen LogP contribution in [0.3, 0.4) is 0 Å². The Bertz CT molecular complexity index is 1170. The van der Waals surface area contributed by atoms with Gasteiger partial charge in [-0.1, -0.05) is 91.0 Å². The van der Waals surface area contributed by atoms with Crippen LogP contribution in [-0.4, -0.2) is 9.97 Å². The Balaban J connectivity index is 0.00000231. The molecule has 0 aliphatic carbocycles. The van der Waals surface area contributed by atoms with Gasteiger partial charge in [-0.3, -0.25) is 9.97 Å². The van der Waals surface area contributed by atoms with Crippen LogP contribution in [0.1, 0.15) is 5.69 Å². The van der Waals surface area contributed by atoms with Crippen LogP contribution in [0.25, 0.3) is 11.0 Å². The number of hydrogen-bond donors (Lipinski definition) is 0. The van der Waals surface area contributed by atoms with Gasteiger partial charge in [0.1, 0.15) is 0 Å². The number of hydrogen-bond acceptors (Lipinski definition) is 2. The van der Waals surface area contributed by atoms with Crippen molar-refractivity contribution in [2.45, 2.75) is 6.16 Å². The Hall–Kier alpha value is -3.06. The topological polar surface area (TPSA) is 25.8 Å². The SMILES string of the molecule is Cl.c1ccc([P](Cc2ccc3ncccc3n2)(c2ccccc2)c2ccccc2)cc1. The molecule has 0 aliphatic rings. The second kappa shape index (κ2) is 9.39. The van der Waals surface area contributed by atoms with E-state index in [4.69, 9.17) is 4.98 Å². The fourth-order valence-corrected chi connectivity index (χ4v) is 8.25. The van der Waals surface area contributed by atoms with Gasteiger partial charge in [-0.15, -0.1) is 12.4 Å². The van der Waals surface area contributed by atoms with Gasteiger partial charge in [-0.25, -0.2) is 0 Å². The predicted octanol–water partition coefficient (Wildman–Crippen LogP) is 5.55. The summed E-state index contributed by atoms with van der Waals surface area (Å²) in [6, 6.07) is 41.0. The first-order valence-corrected chi connectivity index (χ1v) is 12.1. The molecule has 5 aromatic rings. The number of fused-ring (bicyclic) bond motifs is 1. The molecule has 0 fully saturated rings. The summed E-state index contributed by atoms with van der Waals surface area (Å²) < 4.78 is 0. The van der Waals surface area contributed by atoms with Gasteiger partial charge in [0.25, 0.3) is 0 Å². The highest BCUT2D eigenvalue weighted by atomic mass is 35.5. The predicted molar refractivity (Wildman–Crippen MR) is 136 cm³/mol. The third kappa shape index (κ3) is 4.10. The summed E-state index contributed by atoms with van der Waals surface area (Å²) in [4.78, 5) is 9.44. The van der Waals surface area contributed by atoms with Crippen LogP contribution in [0.5, 0.6) is 0 Å². The minimum absolute atomic E-state index is 0. The Kier molecular flexibility index (Phi) is 6.42. The van der Waals surface area contributed by atoms with Crippen molar-refractivity contribution < 1.29 is 0 Å². The summed E-state index contributed by atoms with van der Waals surface area (Å²) in [5.41, 5.74) is 2.98. The van der Waals surface area contributed by atoms with Gasteiger partial charge >= 0.3 is 0 Å². The third-order valence-corrected chi connectivity index (χ3v) is 9.84. The van der Waals surface area contributed by atoms with E-state index >= 15 is 0 Å². The van der Waals surface area contributed by atoms with Crippen LogP contribution < -0.4 is 15.9 Å². The van der Waals surface area contributed by atoms with Crippen LogP contribution in [0.2, 0.25) is 0 Å². The number of pyridine rings is 2. The van der Waals surface area contributed by atoms with E-state index in [1.165, 1.54) is 15.9 Å². The lowest BCUT2D eigenvalue weighted by Gasteiger charge is -2.38.